The molecule has 0 bridgehead atoms. The van der Waals surface area contributed by atoms with Crippen LogP contribution < -0.4 is 0 Å². The first-order valence-corrected chi connectivity index (χ1v) is 9.50. The Morgan fingerprint density at radius 1 is 0.857 bits per heavy atom. The number of hydrogen-bond acceptors (Lipinski definition) is 2. The van der Waals surface area contributed by atoms with E-state index in [4.69, 9.17) is 0 Å². The van der Waals surface area contributed by atoms with Crippen LogP contribution in [0.5, 0.6) is 0 Å². The number of aryl methyl sites for hydroxylation is 1. The quantitative estimate of drug-likeness (QED) is 0.327. The minimum absolute atomic E-state index is 0.0917. The van der Waals surface area contributed by atoms with Crippen molar-refractivity contribution in [3.05, 3.63) is 106 Å². The number of allylic oxidation sites excluding steroid dienone is 1. The first-order chi connectivity index (χ1) is 13.4. The van der Waals surface area contributed by atoms with Gasteiger partial charge in [0.1, 0.15) is 17.5 Å². The highest BCUT2D eigenvalue weighted by molar-refractivity contribution is 8.02. The number of hydrogen-bond donors (Lipinski definition) is 0. The summed E-state index contributed by atoms with van der Waals surface area (Å²) in [7, 11) is 0. The average Bonchev–Trinajstić information content (AvgIpc) is 2.69. The lowest BCUT2D eigenvalue weighted by atomic mass is 10.0. The molecule has 5 heteroatoms. The molecule has 28 heavy (non-hydrogen) atoms. The number of benzene rings is 3. The number of thioether (sulfide) groups is 1. The van der Waals surface area contributed by atoms with Crippen molar-refractivity contribution in [2.75, 3.05) is 0 Å². The van der Waals surface area contributed by atoms with Gasteiger partial charge in [0.15, 0.2) is 0 Å². The molecule has 0 aromatic heterocycles. The van der Waals surface area contributed by atoms with Crippen LogP contribution in [-0.4, -0.2) is 5.71 Å². The molecule has 3 rings (SSSR count). The molecule has 0 radical (unpaired) electrons. The fourth-order valence-corrected chi connectivity index (χ4v) is 3.23. The Kier molecular flexibility index (Phi) is 6.37. The summed E-state index contributed by atoms with van der Waals surface area (Å²) in [6.45, 7) is 3.75. The fourth-order valence-electron chi connectivity index (χ4n) is 2.51. The van der Waals surface area contributed by atoms with Crippen molar-refractivity contribution in [2.24, 2.45) is 4.99 Å². The highest BCUT2D eigenvalue weighted by Gasteiger charge is 2.13. The molecule has 0 fully saturated rings. The van der Waals surface area contributed by atoms with Crippen LogP contribution in [0, 0.1) is 24.4 Å². The molecule has 0 aliphatic rings. The highest BCUT2D eigenvalue weighted by Crippen LogP contribution is 2.25. The summed E-state index contributed by atoms with van der Waals surface area (Å²) in [5.74, 6) is -1.40. The van der Waals surface area contributed by atoms with Gasteiger partial charge in [-0.25, -0.2) is 18.2 Å². The summed E-state index contributed by atoms with van der Waals surface area (Å²) in [4.78, 5) is 5.40. The zero-order valence-electron chi connectivity index (χ0n) is 15.4. The Hall–Kier alpha value is -2.79. The van der Waals surface area contributed by atoms with Gasteiger partial charge in [-0.15, -0.1) is 0 Å². The third kappa shape index (κ3) is 5.14. The average molecular weight is 397 g/mol. The van der Waals surface area contributed by atoms with Crippen LogP contribution in [0.1, 0.15) is 18.1 Å². The van der Waals surface area contributed by atoms with Gasteiger partial charge in [0.05, 0.1) is 11.4 Å². The molecular formula is C23H18F3NS. The molecule has 1 nitrogen and oxygen atoms in total. The normalized spacial score (nSPS) is 12.3. The summed E-state index contributed by atoms with van der Waals surface area (Å²) in [6.07, 6.45) is 0. The summed E-state index contributed by atoms with van der Waals surface area (Å²) < 4.78 is 41.3. The van der Waals surface area contributed by atoms with Crippen LogP contribution in [0.3, 0.4) is 0 Å². The fraction of sp³-hybridized carbons (Fsp3) is 0.0870. The van der Waals surface area contributed by atoms with Gasteiger partial charge in [0, 0.05) is 10.5 Å². The lowest BCUT2D eigenvalue weighted by Crippen LogP contribution is -2.06. The maximum absolute atomic E-state index is 14.4. The molecule has 0 aliphatic carbocycles. The minimum Gasteiger partial charge on any atom is -0.248 e. The van der Waals surface area contributed by atoms with Crippen LogP contribution in [-0.2, 0) is 0 Å². The number of aliphatic imine (C=N–C) groups is 1. The Bertz CT molecular complexity index is 1020. The van der Waals surface area contributed by atoms with E-state index in [1.807, 2.05) is 31.2 Å². The molecule has 142 valence electrons. The van der Waals surface area contributed by atoms with E-state index < -0.39 is 11.6 Å². The number of nitrogens with zero attached hydrogens (tertiary/aromatic N) is 1. The predicted molar refractivity (Wildman–Crippen MR) is 110 cm³/mol. The summed E-state index contributed by atoms with van der Waals surface area (Å²) >= 11 is 1.36. The van der Waals surface area contributed by atoms with Crippen LogP contribution in [0.2, 0.25) is 0 Å². The molecule has 0 saturated carbocycles. The van der Waals surface area contributed by atoms with Crippen molar-refractivity contribution in [2.45, 2.75) is 18.7 Å². The smallest absolute Gasteiger partial charge is 0.132 e. The molecule has 0 aliphatic heterocycles. The van der Waals surface area contributed by atoms with E-state index in [0.29, 0.717) is 17.0 Å². The second-order valence-electron chi connectivity index (χ2n) is 6.29. The Morgan fingerprint density at radius 3 is 2.18 bits per heavy atom. The largest absolute Gasteiger partial charge is 0.248 e. The summed E-state index contributed by atoms with van der Waals surface area (Å²) in [6, 6.07) is 16.8. The molecule has 0 saturated heterocycles. The lowest BCUT2D eigenvalue weighted by Gasteiger charge is -2.10. The Labute approximate surface area is 166 Å². The summed E-state index contributed by atoms with van der Waals surface area (Å²) in [5, 5.41) is 1.80. The second-order valence-corrected chi connectivity index (χ2v) is 7.24. The van der Waals surface area contributed by atoms with Crippen LogP contribution >= 0.6 is 11.8 Å². The molecular weight excluding hydrogens is 379 g/mol. The molecule has 0 unspecified atom stereocenters. The van der Waals surface area contributed by atoms with Crippen molar-refractivity contribution in [1.82, 2.24) is 0 Å². The monoisotopic (exact) mass is 397 g/mol. The standard InChI is InChI=1S/C23H18F3NS/c1-15-3-8-19(9-4-15)27-23(21-13-18(25)7-12-22(21)26)16(2)14-28-20-10-5-17(24)6-11-20/h3-14H,1-2H3. The van der Waals surface area contributed by atoms with Gasteiger partial charge in [0.2, 0.25) is 0 Å². The number of halogens is 3. The van der Waals surface area contributed by atoms with Crippen molar-refractivity contribution in [3.8, 4) is 0 Å². The van der Waals surface area contributed by atoms with Crippen molar-refractivity contribution >= 4 is 23.2 Å². The van der Waals surface area contributed by atoms with E-state index in [0.717, 1.165) is 28.7 Å². The maximum atomic E-state index is 14.4. The maximum Gasteiger partial charge on any atom is 0.132 e. The van der Waals surface area contributed by atoms with Gasteiger partial charge in [0.25, 0.3) is 0 Å². The molecule has 3 aromatic rings. The topological polar surface area (TPSA) is 12.4 Å². The van der Waals surface area contributed by atoms with Crippen LogP contribution in [0.25, 0.3) is 0 Å². The zero-order valence-corrected chi connectivity index (χ0v) is 16.2. The molecule has 0 atom stereocenters. The first kappa shape index (κ1) is 20.0. The van der Waals surface area contributed by atoms with E-state index in [2.05, 4.69) is 4.99 Å². The number of rotatable bonds is 5. The molecule has 0 heterocycles. The highest BCUT2D eigenvalue weighted by atomic mass is 32.2. The van der Waals surface area contributed by atoms with Crippen molar-refractivity contribution in [3.63, 3.8) is 0 Å². The van der Waals surface area contributed by atoms with E-state index in [9.17, 15) is 13.2 Å². The summed E-state index contributed by atoms with van der Waals surface area (Å²) in [5.41, 5.74) is 2.82. The predicted octanol–water partition coefficient (Wildman–Crippen LogP) is 7.23. The lowest BCUT2D eigenvalue weighted by molar-refractivity contribution is 0.598. The van der Waals surface area contributed by atoms with Gasteiger partial charge in [-0.3, -0.25) is 0 Å². The van der Waals surface area contributed by atoms with Crippen molar-refractivity contribution in [1.29, 1.82) is 0 Å². The second kappa shape index (κ2) is 8.93. The van der Waals surface area contributed by atoms with Crippen LogP contribution in [0.15, 0.2) is 87.6 Å². The third-order valence-electron chi connectivity index (χ3n) is 4.02. The van der Waals surface area contributed by atoms with Gasteiger partial charge < -0.3 is 0 Å². The molecule has 0 amide bonds. The minimum atomic E-state index is -0.549. The zero-order chi connectivity index (χ0) is 20.1. The Balaban J connectivity index is 2.01. The van der Waals surface area contributed by atoms with Crippen LogP contribution in [0.4, 0.5) is 18.9 Å². The van der Waals surface area contributed by atoms with E-state index >= 15 is 0 Å². The van der Waals surface area contributed by atoms with Crippen molar-refractivity contribution < 1.29 is 13.2 Å². The Morgan fingerprint density at radius 2 is 1.50 bits per heavy atom. The van der Waals surface area contributed by atoms with Gasteiger partial charge in [-0.2, -0.15) is 0 Å². The molecule has 0 spiro atoms. The van der Waals surface area contributed by atoms with E-state index in [-0.39, 0.29) is 11.4 Å². The SMILES string of the molecule is CC(=CSc1ccc(F)cc1)C(=Nc1ccc(C)cc1)c1cc(F)ccc1F. The molecule has 3 aromatic carbocycles. The third-order valence-corrected chi connectivity index (χ3v) is 5.03. The van der Waals surface area contributed by atoms with Gasteiger partial charge >= 0.3 is 0 Å². The van der Waals surface area contributed by atoms with E-state index in [1.165, 1.54) is 23.9 Å². The van der Waals surface area contributed by atoms with E-state index in [1.54, 1.807) is 24.5 Å². The van der Waals surface area contributed by atoms with Gasteiger partial charge in [-0.1, -0.05) is 29.5 Å². The first-order valence-electron chi connectivity index (χ1n) is 8.62. The molecule has 0 N–H and O–H groups in total. The van der Waals surface area contributed by atoms with Gasteiger partial charge in [-0.05, 0) is 79.4 Å².